The van der Waals surface area contributed by atoms with E-state index in [1.54, 1.807) is 36.4 Å². The molecule has 0 aliphatic heterocycles. The van der Waals surface area contributed by atoms with Crippen molar-refractivity contribution in [1.82, 2.24) is 9.97 Å². The third-order valence-electron chi connectivity index (χ3n) is 4.86. The van der Waals surface area contributed by atoms with Gasteiger partial charge in [0.05, 0.1) is 17.1 Å². The van der Waals surface area contributed by atoms with Crippen molar-refractivity contribution in [3.63, 3.8) is 0 Å². The number of carbonyl (C=O) groups excluding carboxylic acids is 1. The number of hydrogen-bond donors (Lipinski definition) is 1. The lowest BCUT2D eigenvalue weighted by atomic mass is 10.1. The number of esters is 1. The van der Waals surface area contributed by atoms with E-state index >= 15 is 0 Å². The fourth-order valence-electron chi connectivity index (χ4n) is 3.23. The molecule has 0 aliphatic carbocycles. The van der Waals surface area contributed by atoms with Crippen molar-refractivity contribution in [3.8, 4) is 11.6 Å². The number of anilines is 2. The molecule has 0 radical (unpaired) electrons. The van der Waals surface area contributed by atoms with Gasteiger partial charge in [0, 0.05) is 11.1 Å². The summed E-state index contributed by atoms with van der Waals surface area (Å²) in [6.45, 7) is 4.23. The number of rotatable bonds is 8. The van der Waals surface area contributed by atoms with E-state index in [0.29, 0.717) is 23.6 Å². The number of aromatic nitrogens is 2. The summed E-state index contributed by atoms with van der Waals surface area (Å²) >= 11 is 0. The first kappa shape index (κ1) is 22.7. The number of hydrogen-bond acceptors (Lipinski definition) is 8. The summed E-state index contributed by atoms with van der Waals surface area (Å²) in [5.41, 5.74) is 0.470. The molecule has 1 heterocycles. The molecule has 4 rings (SSSR count). The largest absolute Gasteiger partial charge is 0.462 e. The lowest BCUT2D eigenvalue weighted by molar-refractivity contribution is -0.385. The molecule has 9 heteroatoms. The van der Waals surface area contributed by atoms with Gasteiger partial charge >= 0.3 is 17.5 Å². The van der Waals surface area contributed by atoms with E-state index in [2.05, 4.69) is 15.3 Å². The van der Waals surface area contributed by atoms with Gasteiger partial charge in [-0.2, -0.15) is 4.98 Å². The molecule has 0 aliphatic rings. The van der Waals surface area contributed by atoms with E-state index in [1.807, 2.05) is 44.2 Å². The van der Waals surface area contributed by atoms with Crippen LogP contribution in [0.4, 0.5) is 17.2 Å². The lowest BCUT2D eigenvalue weighted by Crippen LogP contribution is -2.10. The third-order valence-corrected chi connectivity index (χ3v) is 4.86. The molecule has 1 aromatic heterocycles. The van der Waals surface area contributed by atoms with Crippen molar-refractivity contribution in [1.29, 1.82) is 0 Å². The standard InChI is InChI=1S/C25H22N4O5/c1-16(2)14-33-25(30)18-10-12-19(13-11-18)28-23-22(29(31)32)24(27-15-26-23)34-21-9-5-7-17-6-3-4-8-20(17)21/h3-13,15-16H,14H2,1-2H3,(H,26,27,28). The first-order valence-corrected chi connectivity index (χ1v) is 10.6. The van der Waals surface area contributed by atoms with E-state index in [9.17, 15) is 14.9 Å². The fourth-order valence-corrected chi connectivity index (χ4v) is 3.23. The average molecular weight is 458 g/mol. The Balaban J connectivity index is 1.59. The van der Waals surface area contributed by atoms with Gasteiger partial charge in [-0.05, 0) is 41.6 Å². The molecule has 3 aromatic carbocycles. The quantitative estimate of drug-likeness (QED) is 0.197. The van der Waals surface area contributed by atoms with E-state index in [0.717, 1.165) is 10.8 Å². The van der Waals surface area contributed by atoms with Crippen molar-refractivity contribution in [2.24, 2.45) is 5.92 Å². The molecule has 4 aromatic rings. The van der Waals surface area contributed by atoms with Crippen molar-refractivity contribution in [3.05, 3.63) is 88.7 Å². The van der Waals surface area contributed by atoms with Crippen molar-refractivity contribution >= 4 is 33.9 Å². The maximum Gasteiger partial charge on any atom is 0.373 e. The van der Waals surface area contributed by atoms with Crippen molar-refractivity contribution in [2.45, 2.75) is 13.8 Å². The van der Waals surface area contributed by atoms with Crippen LogP contribution in [0, 0.1) is 16.0 Å². The van der Waals surface area contributed by atoms with Gasteiger partial charge in [0.1, 0.15) is 12.1 Å². The highest BCUT2D eigenvalue weighted by molar-refractivity contribution is 5.90. The van der Waals surface area contributed by atoms with Gasteiger partial charge in [-0.25, -0.2) is 9.78 Å². The van der Waals surface area contributed by atoms with Crippen LogP contribution in [0.1, 0.15) is 24.2 Å². The monoisotopic (exact) mass is 458 g/mol. The van der Waals surface area contributed by atoms with Gasteiger partial charge < -0.3 is 14.8 Å². The predicted molar refractivity (Wildman–Crippen MR) is 128 cm³/mol. The molecule has 9 nitrogen and oxygen atoms in total. The van der Waals surface area contributed by atoms with Crippen molar-refractivity contribution < 1.29 is 19.2 Å². The van der Waals surface area contributed by atoms with Crippen LogP contribution < -0.4 is 10.1 Å². The summed E-state index contributed by atoms with van der Waals surface area (Å²) in [5.74, 6) is 0.0146. The van der Waals surface area contributed by atoms with E-state index < -0.39 is 16.6 Å². The lowest BCUT2D eigenvalue weighted by Gasteiger charge is -2.11. The highest BCUT2D eigenvalue weighted by Crippen LogP contribution is 2.37. The maximum atomic E-state index is 12.1. The number of nitrogens with zero attached hydrogens (tertiary/aromatic N) is 3. The van der Waals surface area contributed by atoms with Gasteiger partial charge in [-0.3, -0.25) is 10.1 Å². The molecule has 172 valence electrons. The van der Waals surface area contributed by atoms with Crippen molar-refractivity contribution in [2.75, 3.05) is 11.9 Å². The molecule has 0 saturated carbocycles. The normalized spacial score (nSPS) is 10.8. The Bertz CT molecular complexity index is 1330. The van der Waals surface area contributed by atoms with Crippen LogP contribution in [0.5, 0.6) is 11.6 Å². The van der Waals surface area contributed by atoms with Gasteiger partial charge in [-0.15, -0.1) is 0 Å². The van der Waals surface area contributed by atoms with Gasteiger partial charge in [0.2, 0.25) is 5.82 Å². The molecule has 0 saturated heterocycles. The van der Waals surface area contributed by atoms with Crippen LogP contribution in [-0.4, -0.2) is 27.5 Å². The predicted octanol–water partition coefficient (Wildman–Crippen LogP) is 5.89. The molecular weight excluding hydrogens is 436 g/mol. The number of ether oxygens (including phenoxy) is 2. The highest BCUT2D eigenvalue weighted by Gasteiger charge is 2.26. The zero-order valence-corrected chi connectivity index (χ0v) is 18.6. The Labute approximate surface area is 195 Å². The van der Waals surface area contributed by atoms with E-state index in [1.165, 1.54) is 6.33 Å². The second-order valence-electron chi connectivity index (χ2n) is 7.91. The Morgan fingerprint density at radius 3 is 2.50 bits per heavy atom. The zero-order valence-electron chi connectivity index (χ0n) is 18.6. The highest BCUT2D eigenvalue weighted by atomic mass is 16.6. The van der Waals surface area contributed by atoms with Crippen LogP contribution in [0.2, 0.25) is 0 Å². The second kappa shape index (κ2) is 9.95. The average Bonchev–Trinajstić information content (AvgIpc) is 2.83. The molecule has 0 spiro atoms. The number of fused-ring (bicyclic) bond motifs is 1. The minimum Gasteiger partial charge on any atom is -0.462 e. The molecule has 0 unspecified atom stereocenters. The van der Waals surface area contributed by atoms with Crippen LogP contribution in [-0.2, 0) is 4.74 Å². The Hall–Kier alpha value is -4.53. The summed E-state index contributed by atoms with van der Waals surface area (Å²) in [6, 6.07) is 19.4. The van der Waals surface area contributed by atoms with Crippen LogP contribution in [0.3, 0.4) is 0 Å². The Morgan fingerprint density at radius 2 is 1.76 bits per heavy atom. The Kier molecular flexibility index (Phi) is 6.63. The number of nitrogens with one attached hydrogen (secondary N) is 1. The maximum absolute atomic E-state index is 12.1. The number of nitro groups is 1. The first-order valence-electron chi connectivity index (χ1n) is 10.6. The van der Waals surface area contributed by atoms with Gasteiger partial charge in [0.15, 0.2) is 0 Å². The van der Waals surface area contributed by atoms with E-state index in [-0.39, 0.29) is 17.6 Å². The molecule has 0 fully saturated rings. The molecule has 0 bridgehead atoms. The summed E-state index contributed by atoms with van der Waals surface area (Å²) in [6.07, 6.45) is 1.19. The molecule has 0 atom stereocenters. The minimum absolute atomic E-state index is 0.0367. The van der Waals surface area contributed by atoms with Crippen LogP contribution >= 0.6 is 0 Å². The summed E-state index contributed by atoms with van der Waals surface area (Å²) < 4.78 is 11.1. The fraction of sp³-hybridized carbons (Fsp3) is 0.160. The van der Waals surface area contributed by atoms with Crippen LogP contribution in [0.15, 0.2) is 73.1 Å². The first-order chi connectivity index (χ1) is 16.4. The minimum atomic E-state index is -0.597. The smallest absolute Gasteiger partial charge is 0.373 e. The Morgan fingerprint density at radius 1 is 1.03 bits per heavy atom. The van der Waals surface area contributed by atoms with Gasteiger partial charge in [-0.1, -0.05) is 50.2 Å². The molecule has 0 amide bonds. The van der Waals surface area contributed by atoms with Gasteiger partial charge in [0.25, 0.3) is 0 Å². The summed E-state index contributed by atoms with van der Waals surface area (Å²) in [5, 5.41) is 16.5. The molecule has 34 heavy (non-hydrogen) atoms. The number of carbonyl (C=O) groups is 1. The zero-order chi connectivity index (χ0) is 24.1. The van der Waals surface area contributed by atoms with E-state index in [4.69, 9.17) is 9.47 Å². The second-order valence-corrected chi connectivity index (χ2v) is 7.91. The molecular formula is C25H22N4O5. The molecule has 1 N–H and O–H groups in total. The number of benzene rings is 3. The third kappa shape index (κ3) is 5.09. The summed E-state index contributed by atoms with van der Waals surface area (Å²) in [7, 11) is 0. The topological polar surface area (TPSA) is 116 Å². The SMILES string of the molecule is CC(C)COC(=O)c1ccc(Nc2ncnc(Oc3cccc4ccccc34)c2[N+](=O)[O-])cc1. The van der Waals surface area contributed by atoms with Crippen LogP contribution in [0.25, 0.3) is 10.8 Å². The summed E-state index contributed by atoms with van der Waals surface area (Å²) in [4.78, 5) is 31.4.